The zero-order chi connectivity index (χ0) is 14.6. The fourth-order valence-corrected chi connectivity index (χ4v) is 4.49. The number of likely N-dealkylation sites (tertiary alicyclic amines) is 1. The molecule has 1 aliphatic heterocycles. The first-order valence-corrected chi connectivity index (χ1v) is 8.98. The van der Waals surface area contributed by atoms with Crippen molar-refractivity contribution in [2.45, 2.75) is 90.6 Å². The molecular weight excluding hydrogens is 244 g/mol. The van der Waals surface area contributed by atoms with Crippen LogP contribution in [0.2, 0.25) is 0 Å². The summed E-state index contributed by atoms with van der Waals surface area (Å²) >= 11 is 0. The molecule has 0 radical (unpaired) electrons. The average molecular weight is 280 g/mol. The molecule has 2 fully saturated rings. The van der Waals surface area contributed by atoms with Crippen molar-refractivity contribution in [1.29, 1.82) is 0 Å². The summed E-state index contributed by atoms with van der Waals surface area (Å²) in [5, 5.41) is 0. The van der Waals surface area contributed by atoms with Gasteiger partial charge in [0.25, 0.3) is 0 Å². The van der Waals surface area contributed by atoms with Crippen molar-refractivity contribution < 1.29 is 0 Å². The Morgan fingerprint density at radius 1 is 0.950 bits per heavy atom. The van der Waals surface area contributed by atoms with Gasteiger partial charge in [-0.25, -0.2) is 0 Å². The van der Waals surface area contributed by atoms with Crippen LogP contribution in [0.25, 0.3) is 0 Å². The second-order valence-electron chi connectivity index (χ2n) is 8.19. The van der Waals surface area contributed by atoms with E-state index in [1.807, 2.05) is 0 Å². The maximum atomic E-state index is 5.83. The molecule has 1 saturated carbocycles. The molecule has 1 heterocycles. The van der Waals surface area contributed by atoms with Gasteiger partial charge in [-0.15, -0.1) is 0 Å². The van der Waals surface area contributed by atoms with Crippen molar-refractivity contribution >= 4 is 0 Å². The number of piperidine rings is 1. The molecule has 3 atom stereocenters. The van der Waals surface area contributed by atoms with Crippen LogP contribution in [-0.4, -0.2) is 30.1 Å². The SMILES string of the molecule is CC(C)(C)C1CCCC(N2CCCCC2CCN)CC1. The second-order valence-corrected chi connectivity index (χ2v) is 8.19. The lowest BCUT2D eigenvalue weighted by Gasteiger charge is -2.41. The highest BCUT2D eigenvalue weighted by molar-refractivity contribution is 4.87. The van der Waals surface area contributed by atoms with E-state index in [0.717, 1.165) is 24.5 Å². The van der Waals surface area contributed by atoms with E-state index in [0.29, 0.717) is 5.41 Å². The molecule has 2 nitrogen and oxygen atoms in total. The standard InChI is InChI=1S/C18H36N2/c1-18(2,3)15-7-6-9-16(11-10-15)20-14-5-4-8-17(20)12-13-19/h15-17H,4-14,19H2,1-3H3. The molecule has 2 rings (SSSR count). The van der Waals surface area contributed by atoms with E-state index in [9.17, 15) is 0 Å². The van der Waals surface area contributed by atoms with Crippen LogP contribution in [0.4, 0.5) is 0 Å². The molecule has 118 valence electrons. The highest BCUT2D eigenvalue weighted by atomic mass is 15.2. The molecule has 2 N–H and O–H groups in total. The van der Waals surface area contributed by atoms with Crippen LogP contribution in [0, 0.1) is 11.3 Å². The molecule has 1 aliphatic carbocycles. The molecule has 0 aromatic carbocycles. The Morgan fingerprint density at radius 3 is 2.45 bits per heavy atom. The highest BCUT2D eigenvalue weighted by Crippen LogP contribution is 2.38. The lowest BCUT2D eigenvalue weighted by molar-refractivity contribution is 0.0792. The van der Waals surface area contributed by atoms with Crippen LogP contribution >= 0.6 is 0 Å². The van der Waals surface area contributed by atoms with Crippen LogP contribution in [0.15, 0.2) is 0 Å². The van der Waals surface area contributed by atoms with Crippen LogP contribution in [0.5, 0.6) is 0 Å². The van der Waals surface area contributed by atoms with Gasteiger partial charge < -0.3 is 5.73 Å². The maximum Gasteiger partial charge on any atom is 0.0110 e. The minimum atomic E-state index is 0.494. The Morgan fingerprint density at radius 2 is 1.75 bits per heavy atom. The van der Waals surface area contributed by atoms with E-state index in [-0.39, 0.29) is 0 Å². The molecule has 20 heavy (non-hydrogen) atoms. The summed E-state index contributed by atoms with van der Waals surface area (Å²) in [7, 11) is 0. The van der Waals surface area contributed by atoms with Crippen LogP contribution in [-0.2, 0) is 0 Å². The maximum absolute atomic E-state index is 5.83. The summed E-state index contributed by atoms with van der Waals surface area (Å²) in [5.41, 5.74) is 6.33. The first-order chi connectivity index (χ1) is 9.52. The third-order valence-corrected chi connectivity index (χ3v) is 5.80. The van der Waals surface area contributed by atoms with Gasteiger partial charge >= 0.3 is 0 Å². The minimum absolute atomic E-state index is 0.494. The number of hydrogen-bond donors (Lipinski definition) is 1. The van der Waals surface area contributed by atoms with Gasteiger partial charge in [0.15, 0.2) is 0 Å². The predicted molar refractivity (Wildman–Crippen MR) is 87.8 cm³/mol. The molecule has 2 aliphatic rings. The van der Waals surface area contributed by atoms with E-state index < -0.39 is 0 Å². The zero-order valence-corrected chi connectivity index (χ0v) is 14.0. The Bertz CT molecular complexity index is 280. The van der Waals surface area contributed by atoms with Crippen molar-refractivity contribution in [3.8, 4) is 0 Å². The van der Waals surface area contributed by atoms with Crippen molar-refractivity contribution in [2.75, 3.05) is 13.1 Å². The summed E-state index contributed by atoms with van der Waals surface area (Å²) in [6, 6.07) is 1.63. The fourth-order valence-electron chi connectivity index (χ4n) is 4.49. The van der Waals surface area contributed by atoms with Crippen LogP contribution in [0.3, 0.4) is 0 Å². The highest BCUT2D eigenvalue weighted by Gasteiger charge is 2.32. The van der Waals surface area contributed by atoms with Gasteiger partial charge in [-0.2, -0.15) is 0 Å². The molecule has 0 aromatic heterocycles. The van der Waals surface area contributed by atoms with Crippen molar-refractivity contribution in [2.24, 2.45) is 17.1 Å². The van der Waals surface area contributed by atoms with Gasteiger partial charge in [0, 0.05) is 12.1 Å². The van der Waals surface area contributed by atoms with Gasteiger partial charge in [-0.3, -0.25) is 4.90 Å². The van der Waals surface area contributed by atoms with Gasteiger partial charge in [0.05, 0.1) is 0 Å². The van der Waals surface area contributed by atoms with Crippen LogP contribution < -0.4 is 5.73 Å². The molecule has 0 bridgehead atoms. The van der Waals surface area contributed by atoms with E-state index in [1.165, 1.54) is 64.3 Å². The normalized spacial score (nSPS) is 33.9. The second kappa shape index (κ2) is 7.26. The molecule has 0 amide bonds. The van der Waals surface area contributed by atoms with Crippen molar-refractivity contribution in [1.82, 2.24) is 4.90 Å². The van der Waals surface area contributed by atoms with Gasteiger partial charge in [-0.1, -0.05) is 33.6 Å². The van der Waals surface area contributed by atoms with Crippen molar-refractivity contribution in [3.05, 3.63) is 0 Å². The van der Waals surface area contributed by atoms with Gasteiger partial charge in [-0.05, 0) is 69.4 Å². The largest absolute Gasteiger partial charge is 0.330 e. The molecule has 0 spiro atoms. The Kier molecular flexibility index (Phi) is 5.92. The average Bonchev–Trinajstić information content (AvgIpc) is 2.65. The molecule has 2 heteroatoms. The Hall–Kier alpha value is -0.0800. The minimum Gasteiger partial charge on any atom is -0.330 e. The first kappa shape index (κ1) is 16.3. The number of nitrogens with two attached hydrogens (primary N) is 1. The lowest BCUT2D eigenvalue weighted by Crippen LogP contribution is -2.47. The molecule has 0 aromatic rings. The van der Waals surface area contributed by atoms with Crippen LogP contribution in [0.1, 0.15) is 78.6 Å². The first-order valence-electron chi connectivity index (χ1n) is 8.98. The molecule has 3 unspecified atom stereocenters. The summed E-state index contributed by atoms with van der Waals surface area (Å²) < 4.78 is 0. The zero-order valence-electron chi connectivity index (χ0n) is 14.0. The smallest absolute Gasteiger partial charge is 0.0110 e. The quantitative estimate of drug-likeness (QED) is 0.786. The lowest BCUT2D eigenvalue weighted by atomic mass is 9.76. The summed E-state index contributed by atoms with van der Waals surface area (Å²) in [5.74, 6) is 0.922. The summed E-state index contributed by atoms with van der Waals surface area (Å²) in [4.78, 5) is 2.85. The summed E-state index contributed by atoms with van der Waals surface area (Å²) in [6.45, 7) is 9.47. The van der Waals surface area contributed by atoms with E-state index >= 15 is 0 Å². The third-order valence-electron chi connectivity index (χ3n) is 5.80. The molecular formula is C18H36N2. The topological polar surface area (TPSA) is 29.3 Å². The predicted octanol–water partition coefficient (Wildman–Crippen LogP) is 4.18. The third kappa shape index (κ3) is 4.21. The number of nitrogens with zero attached hydrogens (tertiary/aromatic N) is 1. The van der Waals surface area contributed by atoms with Gasteiger partial charge in [0.1, 0.15) is 0 Å². The monoisotopic (exact) mass is 280 g/mol. The van der Waals surface area contributed by atoms with E-state index in [2.05, 4.69) is 25.7 Å². The van der Waals surface area contributed by atoms with Crippen molar-refractivity contribution in [3.63, 3.8) is 0 Å². The number of hydrogen-bond acceptors (Lipinski definition) is 2. The Labute approximate surface area is 126 Å². The van der Waals surface area contributed by atoms with E-state index in [4.69, 9.17) is 5.73 Å². The number of rotatable bonds is 3. The molecule has 1 saturated heterocycles. The van der Waals surface area contributed by atoms with E-state index in [1.54, 1.807) is 0 Å². The Balaban J connectivity index is 1.94. The van der Waals surface area contributed by atoms with Gasteiger partial charge in [0.2, 0.25) is 0 Å². The fraction of sp³-hybridized carbons (Fsp3) is 1.00. The summed E-state index contributed by atoms with van der Waals surface area (Å²) in [6.07, 6.45) is 12.6.